The summed E-state index contributed by atoms with van der Waals surface area (Å²) in [5.74, 6) is 2.19. The van der Waals surface area contributed by atoms with E-state index in [9.17, 15) is 0 Å². The Morgan fingerprint density at radius 3 is 2.58 bits per heavy atom. The van der Waals surface area contributed by atoms with Gasteiger partial charge < -0.3 is 4.90 Å². The average Bonchev–Trinajstić information content (AvgIpc) is 2.83. The molecule has 2 unspecified atom stereocenters. The quantitative estimate of drug-likeness (QED) is 0.624. The maximum absolute atomic E-state index is 2.68. The Kier molecular flexibility index (Phi) is 2.40. The lowest BCUT2D eigenvalue weighted by atomic mass is 10.0. The molecule has 0 radical (unpaired) electrons. The fraction of sp³-hybridized carbons (Fsp3) is 1.00. The molecule has 0 spiro atoms. The van der Waals surface area contributed by atoms with Gasteiger partial charge >= 0.3 is 0 Å². The first-order valence-corrected chi connectivity index (χ1v) is 5.55. The average molecular weight is 167 g/mol. The largest absolute Gasteiger partial charge is 0.300 e. The molecular formula is C11H21N. The molecule has 1 nitrogen and oxygen atoms in total. The zero-order valence-corrected chi connectivity index (χ0v) is 8.42. The summed E-state index contributed by atoms with van der Waals surface area (Å²) in [6.45, 7) is 7.44. The van der Waals surface area contributed by atoms with Gasteiger partial charge in [0.2, 0.25) is 0 Å². The zero-order valence-electron chi connectivity index (χ0n) is 8.42. The molecule has 0 amide bonds. The van der Waals surface area contributed by atoms with Gasteiger partial charge in [-0.15, -0.1) is 0 Å². The van der Waals surface area contributed by atoms with Crippen LogP contribution < -0.4 is 0 Å². The summed E-state index contributed by atoms with van der Waals surface area (Å²) in [6, 6.07) is 0.828. The molecule has 1 saturated carbocycles. The van der Waals surface area contributed by atoms with Crippen molar-refractivity contribution < 1.29 is 0 Å². The number of hydrogen-bond donors (Lipinski definition) is 0. The van der Waals surface area contributed by atoms with Gasteiger partial charge in [0.1, 0.15) is 0 Å². The van der Waals surface area contributed by atoms with Crippen LogP contribution in [0.2, 0.25) is 0 Å². The van der Waals surface area contributed by atoms with Gasteiger partial charge in [0, 0.05) is 12.6 Å². The van der Waals surface area contributed by atoms with Crippen LogP contribution in [0.1, 0.15) is 39.5 Å². The Bertz CT molecular complexity index is 151. The van der Waals surface area contributed by atoms with Crippen LogP contribution in [0.25, 0.3) is 0 Å². The first-order valence-electron chi connectivity index (χ1n) is 5.55. The summed E-state index contributed by atoms with van der Waals surface area (Å²) in [5.41, 5.74) is 0. The zero-order chi connectivity index (χ0) is 8.55. The molecule has 2 rings (SSSR count). The van der Waals surface area contributed by atoms with E-state index in [2.05, 4.69) is 18.7 Å². The van der Waals surface area contributed by atoms with Crippen molar-refractivity contribution in [1.29, 1.82) is 0 Å². The number of hydrogen-bond acceptors (Lipinski definition) is 1. The molecule has 0 aromatic heterocycles. The van der Waals surface area contributed by atoms with E-state index in [-0.39, 0.29) is 0 Å². The van der Waals surface area contributed by atoms with Gasteiger partial charge in [0.05, 0.1) is 0 Å². The lowest BCUT2D eigenvalue weighted by Crippen LogP contribution is -2.30. The standard InChI is InChI=1S/C11H21N/c1-3-9(2)12-7-6-11(8-12)10-4-5-10/h9-11H,3-8H2,1-2H3. The molecule has 1 saturated heterocycles. The van der Waals surface area contributed by atoms with E-state index in [0.717, 1.165) is 17.9 Å². The molecule has 0 aromatic carbocycles. The Morgan fingerprint density at radius 1 is 1.25 bits per heavy atom. The molecule has 1 heterocycles. The molecule has 12 heavy (non-hydrogen) atoms. The summed E-state index contributed by atoms with van der Waals surface area (Å²) in [6.07, 6.45) is 5.85. The van der Waals surface area contributed by atoms with Crippen molar-refractivity contribution in [3.8, 4) is 0 Å². The Morgan fingerprint density at radius 2 is 2.00 bits per heavy atom. The molecule has 2 aliphatic rings. The first-order chi connectivity index (χ1) is 5.81. The minimum atomic E-state index is 0.828. The molecule has 1 heteroatoms. The van der Waals surface area contributed by atoms with E-state index in [1.807, 2.05) is 0 Å². The van der Waals surface area contributed by atoms with E-state index < -0.39 is 0 Å². The second-order valence-corrected chi connectivity index (χ2v) is 4.64. The fourth-order valence-electron chi connectivity index (χ4n) is 2.43. The SMILES string of the molecule is CCC(C)N1CCC(C2CC2)C1. The molecule has 2 atom stereocenters. The fourth-order valence-corrected chi connectivity index (χ4v) is 2.43. The third-order valence-corrected chi connectivity index (χ3v) is 3.76. The minimum Gasteiger partial charge on any atom is -0.300 e. The van der Waals surface area contributed by atoms with Crippen molar-refractivity contribution in [2.75, 3.05) is 13.1 Å². The lowest BCUT2D eigenvalue weighted by molar-refractivity contribution is 0.240. The number of nitrogens with zero attached hydrogens (tertiary/aromatic N) is 1. The highest BCUT2D eigenvalue weighted by Crippen LogP contribution is 2.41. The number of likely N-dealkylation sites (tertiary alicyclic amines) is 1. The van der Waals surface area contributed by atoms with Crippen molar-refractivity contribution in [2.45, 2.75) is 45.6 Å². The van der Waals surface area contributed by atoms with Crippen LogP contribution in [0.15, 0.2) is 0 Å². The summed E-state index contributed by atoms with van der Waals surface area (Å²) < 4.78 is 0. The van der Waals surface area contributed by atoms with E-state index >= 15 is 0 Å². The van der Waals surface area contributed by atoms with Crippen LogP contribution in [0.3, 0.4) is 0 Å². The Labute approximate surface area is 76.1 Å². The van der Waals surface area contributed by atoms with E-state index in [1.54, 1.807) is 0 Å². The second kappa shape index (κ2) is 3.37. The van der Waals surface area contributed by atoms with Crippen molar-refractivity contribution >= 4 is 0 Å². The summed E-state index contributed by atoms with van der Waals surface area (Å²) in [5, 5.41) is 0. The van der Waals surface area contributed by atoms with Crippen molar-refractivity contribution in [2.24, 2.45) is 11.8 Å². The van der Waals surface area contributed by atoms with Gasteiger partial charge in [-0.3, -0.25) is 0 Å². The van der Waals surface area contributed by atoms with Crippen LogP contribution in [-0.4, -0.2) is 24.0 Å². The molecule has 2 fully saturated rings. The van der Waals surface area contributed by atoms with Gasteiger partial charge in [0.25, 0.3) is 0 Å². The highest BCUT2D eigenvalue weighted by molar-refractivity contribution is 4.89. The van der Waals surface area contributed by atoms with E-state index in [4.69, 9.17) is 0 Å². The van der Waals surface area contributed by atoms with Gasteiger partial charge in [-0.2, -0.15) is 0 Å². The third-order valence-electron chi connectivity index (χ3n) is 3.76. The third kappa shape index (κ3) is 1.66. The van der Waals surface area contributed by atoms with Crippen molar-refractivity contribution in [1.82, 2.24) is 4.90 Å². The van der Waals surface area contributed by atoms with E-state index in [0.29, 0.717) is 0 Å². The van der Waals surface area contributed by atoms with Crippen LogP contribution >= 0.6 is 0 Å². The second-order valence-electron chi connectivity index (χ2n) is 4.64. The monoisotopic (exact) mass is 167 g/mol. The topological polar surface area (TPSA) is 3.24 Å². The van der Waals surface area contributed by atoms with Crippen LogP contribution in [0.5, 0.6) is 0 Å². The summed E-state index contributed by atoms with van der Waals surface area (Å²) in [7, 11) is 0. The molecule has 1 aliphatic heterocycles. The Balaban J connectivity index is 1.80. The first kappa shape index (κ1) is 8.55. The maximum atomic E-state index is 2.68. The van der Waals surface area contributed by atoms with Crippen molar-refractivity contribution in [3.63, 3.8) is 0 Å². The van der Waals surface area contributed by atoms with Crippen LogP contribution in [-0.2, 0) is 0 Å². The summed E-state index contributed by atoms with van der Waals surface area (Å²) in [4.78, 5) is 2.68. The molecule has 70 valence electrons. The van der Waals surface area contributed by atoms with Crippen LogP contribution in [0, 0.1) is 11.8 Å². The smallest absolute Gasteiger partial charge is 0.00644 e. The molecule has 0 bridgehead atoms. The van der Waals surface area contributed by atoms with Crippen LogP contribution in [0.4, 0.5) is 0 Å². The highest BCUT2D eigenvalue weighted by atomic mass is 15.2. The highest BCUT2D eigenvalue weighted by Gasteiger charge is 2.36. The molecule has 0 N–H and O–H groups in total. The molecule has 0 aromatic rings. The van der Waals surface area contributed by atoms with Gasteiger partial charge in [-0.05, 0) is 51.0 Å². The summed E-state index contributed by atoms with van der Waals surface area (Å²) >= 11 is 0. The number of rotatable bonds is 3. The maximum Gasteiger partial charge on any atom is 0.00644 e. The molecule has 1 aliphatic carbocycles. The van der Waals surface area contributed by atoms with Gasteiger partial charge in [0.15, 0.2) is 0 Å². The van der Waals surface area contributed by atoms with E-state index in [1.165, 1.54) is 38.8 Å². The lowest BCUT2D eigenvalue weighted by Gasteiger charge is -2.22. The Hall–Kier alpha value is -0.0400. The van der Waals surface area contributed by atoms with Gasteiger partial charge in [-0.25, -0.2) is 0 Å². The van der Waals surface area contributed by atoms with Gasteiger partial charge in [-0.1, -0.05) is 6.92 Å². The minimum absolute atomic E-state index is 0.828. The van der Waals surface area contributed by atoms with Crippen molar-refractivity contribution in [3.05, 3.63) is 0 Å². The predicted octanol–water partition coefficient (Wildman–Crippen LogP) is 2.52. The molecular weight excluding hydrogens is 146 g/mol. The normalized spacial score (nSPS) is 34.0. The predicted molar refractivity (Wildman–Crippen MR) is 52.2 cm³/mol.